The van der Waals surface area contributed by atoms with Crippen LogP contribution >= 0.6 is 33.9 Å². The normalized spacial score (nSPS) is 14.0. The van der Waals surface area contributed by atoms with Gasteiger partial charge in [-0.15, -0.1) is 11.3 Å². The Morgan fingerprint density at radius 2 is 1.59 bits per heavy atom. The molecule has 0 aliphatic heterocycles. The van der Waals surface area contributed by atoms with E-state index in [-0.39, 0.29) is 11.3 Å². The van der Waals surface area contributed by atoms with E-state index in [1.54, 1.807) is 17.4 Å². The van der Waals surface area contributed by atoms with Gasteiger partial charge in [-0.05, 0) is 76.7 Å². The highest BCUT2D eigenvalue weighted by Gasteiger charge is 2.18. The van der Waals surface area contributed by atoms with Gasteiger partial charge in [0.25, 0.3) is 0 Å². The van der Waals surface area contributed by atoms with Crippen LogP contribution in [0.3, 0.4) is 0 Å². The smallest absolute Gasteiger partial charge is 0.201 e. The first-order valence-electron chi connectivity index (χ1n) is 8.74. The molecule has 1 heterocycles. The van der Waals surface area contributed by atoms with Crippen LogP contribution in [-0.2, 0) is 0 Å². The van der Waals surface area contributed by atoms with Crippen molar-refractivity contribution in [2.75, 3.05) is 6.61 Å². The summed E-state index contributed by atoms with van der Waals surface area (Å²) in [5.41, 5.74) is 1.96. The minimum absolute atomic E-state index is 0.0204. The van der Waals surface area contributed by atoms with E-state index in [9.17, 15) is 8.78 Å². The summed E-state index contributed by atoms with van der Waals surface area (Å²) in [6, 6.07) is 14.8. The van der Waals surface area contributed by atoms with Crippen LogP contribution in [0.5, 0.6) is 5.75 Å². The lowest BCUT2D eigenvalue weighted by molar-refractivity contribution is 0.243. The van der Waals surface area contributed by atoms with E-state index in [4.69, 9.17) is 4.74 Å². The standard InChI is InChI=1S/C22H17F2IOS/c23-21-17(9-10-18(22(21)24)26-13-14-3-1-2-4-14)15-5-7-16(8-6-15)19-11-12-20(25)27-19/h1-2,5-12,14H,3-4,13H2. The number of allylic oxidation sites excluding steroid dienone is 2. The lowest BCUT2D eigenvalue weighted by Gasteiger charge is -2.13. The third-order valence-corrected chi connectivity index (χ3v) is 6.62. The molecule has 0 fully saturated rings. The summed E-state index contributed by atoms with van der Waals surface area (Å²) in [6.07, 6.45) is 6.04. The van der Waals surface area contributed by atoms with Crippen molar-refractivity contribution in [2.24, 2.45) is 5.92 Å². The average Bonchev–Trinajstić information content (AvgIpc) is 3.35. The highest BCUT2D eigenvalue weighted by molar-refractivity contribution is 14.1. The second-order valence-corrected chi connectivity index (χ2v) is 9.52. The molecule has 138 valence electrons. The Hall–Kier alpha value is -1.73. The zero-order chi connectivity index (χ0) is 18.8. The maximum Gasteiger partial charge on any atom is 0.201 e. The molecule has 0 saturated carbocycles. The number of halogens is 3. The monoisotopic (exact) mass is 494 g/mol. The predicted octanol–water partition coefficient (Wildman–Crippen LogP) is 7.31. The second kappa shape index (κ2) is 8.10. The van der Waals surface area contributed by atoms with Crippen LogP contribution in [0.25, 0.3) is 21.6 Å². The van der Waals surface area contributed by atoms with Gasteiger partial charge in [-0.25, -0.2) is 4.39 Å². The van der Waals surface area contributed by atoms with Crippen molar-refractivity contribution < 1.29 is 13.5 Å². The Bertz CT molecular complexity index is 970. The number of benzene rings is 2. The molecule has 0 radical (unpaired) electrons. The van der Waals surface area contributed by atoms with Crippen LogP contribution in [-0.4, -0.2) is 6.61 Å². The molecule has 4 rings (SSSR count). The Morgan fingerprint density at radius 1 is 0.889 bits per heavy atom. The summed E-state index contributed by atoms with van der Waals surface area (Å²) in [4.78, 5) is 1.16. The number of thiophene rings is 1. The van der Waals surface area contributed by atoms with Gasteiger partial charge >= 0.3 is 0 Å². The van der Waals surface area contributed by atoms with Crippen molar-refractivity contribution in [3.63, 3.8) is 0 Å². The third kappa shape index (κ3) is 4.09. The molecule has 0 amide bonds. The molecule has 0 spiro atoms. The molecule has 0 N–H and O–H groups in total. The molecule has 2 aromatic carbocycles. The van der Waals surface area contributed by atoms with E-state index < -0.39 is 11.6 Å². The highest BCUT2D eigenvalue weighted by atomic mass is 127. The fourth-order valence-electron chi connectivity index (χ4n) is 3.17. The van der Waals surface area contributed by atoms with Gasteiger partial charge in [0.05, 0.1) is 9.49 Å². The van der Waals surface area contributed by atoms with Gasteiger partial charge in [0.15, 0.2) is 11.6 Å². The SMILES string of the molecule is Fc1c(OCC2CC=CC2)ccc(-c2ccc(-c3ccc(I)s3)cc2)c1F. The molecule has 0 unspecified atom stereocenters. The zero-order valence-electron chi connectivity index (χ0n) is 14.4. The zero-order valence-corrected chi connectivity index (χ0v) is 17.4. The second-order valence-electron chi connectivity index (χ2n) is 6.54. The van der Waals surface area contributed by atoms with Crippen molar-refractivity contribution in [3.8, 4) is 27.3 Å². The summed E-state index contributed by atoms with van der Waals surface area (Å²) in [5.74, 6) is -1.46. The lowest BCUT2D eigenvalue weighted by Crippen LogP contribution is -2.10. The van der Waals surface area contributed by atoms with Crippen molar-refractivity contribution in [3.05, 3.63) is 75.2 Å². The van der Waals surface area contributed by atoms with Crippen molar-refractivity contribution >= 4 is 33.9 Å². The van der Waals surface area contributed by atoms with Gasteiger partial charge < -0.3 is 4.74 Å². The molecule has 0 atom stereocenters. The summed E-state index contributed by atoms with van der Waals surface area (Å²) >= 11 is 3.98. The number of hydrogen-bond acceptors (Lipinski definition) is 2. The molecule has 3 aromatic rings. The minimum Gasteiger partial charge on any atom is -0.490 e. The first-order valence-corrected chi connectivity index (χ1v) is 10.6. The quantitative estimate of drug-likeness (QED) is 0.267. The number of hydrogen-bond donors (Lipinski definition) is 0. The Labute approximate surface area is 174 Å². The molecule has 1 nitrogen and oxygen atoms in total. The minimum atomic E-state index is -0.921. The van der Waals surface area contributed by atoms with Crippen LogP contribution < -0.4 is 4.74 Å². The van der Waals surface area contributed by atoms with Crippen molar-refractivity contribution in [1.29, 1.82) is 0 Å². The molecular weight excluding hydrogens is 477 g/mol. The predicted molar refractivity (Wildman–Crippen MR) is 115 cm³/mol. The van der Waals surface area contributed by atoms with E-state index in [1.807, 2.05) is 24.3 Å². The Morgan fingerprint density at radius 3 is 2.26 bits per heavy atom. The molecule has 0 saturated heterocycles. The largest absolute Gasteiger partial charge is 0.490 e. The van der Waals surface area contributed by atoms with Gasteiger partial charge in [-0.3, -0.25) is 0 Å². The summed E-state index contributed by atoms with van der Waals surface area (Å²) < 4.78 is 35.8. The van der Waals surface area contributed by atoms with Gasteiger partial charge in [0, 0.05) is 10.4 Å². The van der Waals surface area contributed by atoms with Crippen molar-refractivity contribution in [1.82, 2.24) is 0 Å². The van der Waals surface area contributed by atoms with Crippen LogP contribution in [0.1, 0.15) is 12.8 Å². The maximum atomic E-state index is 14.6. The maximum absolute atomic E-state index is 14.6. The van der Waals surface area contributed by atoms with Crippen LogP contribution in [0, 0.1) is 20.4 Å². The van der Waals surface area contributed by atoms with Gasteiger partial charge in [0.2, 0.25) is 5.82 Å². The summed E-state index contributed by atoms with van der Waals surface area (Å²) in [7, 11) is 0. The van der Waals surface area contributed by atoms with Crippen LogP contribution in [0.2, 0.25) is 0 Å². The lowest BCUT2D eigenvalue weighted by atomic mass is 10.0. The van der Waals surface area contributed by atoms with Crippen molar-refractivity contribution in [2.45, 2.75) is 12.8 Å². The molecule has 0 bridgehead atoms. The summed E-state index contributed by atoms with van der Waals surface area (Å²) in [6.45, 7) is 0.400. The molecule has 1 aliphatic carbocycles. The molecule has 1 aliphatic rings. The van der Waals surface area contributed by atoms with Crippen LogP contribution in [0.15, 0.2) is 60.7 Å². The average molecular weight is 494 g/mol. The fourth-order valence-corrected chi connectivity index (χ4v) is 4.79. The number of rotatable bonds is 5. The van der Waals surface area contributed by atoms with Gasteiger partial charge in [0.1, 0.15) is 0 Å². The van der Waals surface area contributed by atoms with E-state index >= 15 is 0 Å². The Kier molecular flexibility index (Phi) is 5.59. The third-order valence-electron chi connectivity index (χ3n) is 4.68. The fraction of sp³-hybridized carbons (Fsp3) is 0.182. The molecule has 27 heavy (non-hydrogen) atoms. The van der Waals surface area contributed by atoms with Gasteiger partial charge in [-0.2, -0.15) is 4.39 Å². The van der Waals surface area contributed by atoms with E-state index in [2.05, 4.69) is 46.9 Å². The van der Waals surface area contributed by atoms with E-state index in [0.717, 1.165) is 23.3 Å². The van der Waals surface area contributed by atoms with Gasteiger partial charge in [-0.1, -0.05) is 36.4 Å². The Balaban J connectivity index is 1.53. The van der Waals surface area contributed by atoms with E-state index in [0.29, 0.717) is 18.1 Å². The molecule has 5 heteroatoms. The first-order chi connectivity index (χ1) is 13.1. The topological polar surface area (TPSA) is 9.23 Å². The first kappa shape index (κ1) is 18.6. The highest BCUT2D eigenvalue weighted by Crippen LogP contribution is 2.33. The molecular formula is C22H17F2IOS. The van der Waals surface area contributed by atoms with Crippen LogP contribution in [0.4, 0.5) is 8.78 Å². The van der Waals surface area contributed by atoms with E-state index in [1.165, 1.54) is 8.95 Å². The molecule has 1 aromatic heterocycles. The number of ether oxygens (including phenoxy) is 1. The summed E-state index contributed by atoms with van der Waals surface area (Å²) in [5, 5.41) is 0.